The molecular formula is C13H17ClFN. The van der Waals surface area contributed by atoms with Crippen LogP contribution in [0.25, 0.3) is 0 Å². The first kappa shape index (κ1) is 11.9. The number of hydrogen-bond acceptors (Lipinski definition) is 1. The minimum atomic E-state index is -0.206. The second-order valence-corrected chi connectivity index (χ2v) is 5.10. The van der Waals surface area contributed by atoms with E-state index in [1.807, 2.05) is 7.05 Å². The van der Waals surface area contributed by atoms with Gasteiger partial charge >= 0.3 is 0 Å². The fraction of sp³-hybridized carbons (Fsp3) is 0.538. The van der Waals surface area contributed by atoms with E-state index in [-0.39, 0.29) is 5.82 Å². The lowest BCUT2D eigenvalue weighted by Crippen LogP contribution is -2.30. The Balaban J connectivity index is 2.07. The summed E-state index contributed by atoms with van der Waals surface area (Å²) in [6, 6.07) is 5.37. The summed E-state index contributed by atoms with van der Waals surface area (Å²) < 4.78 is 13.6. The van der Waals surface area contributed by atoms with Crippen molar-refractivity contribution in [3.8, 4) is 0 Å². The van der Waals surface area contributed by atoms with Gasteiger partial charge in [0, 0.05) is 23.2 Å². The lowest BCUT2D eigenvalue weighted by Gasteiger charge is -2.25. The van der Waals surface area contributed by atoms with Crippen LogP contribution in [-0.2, 0) is 6.54 Å². The van der Waals surface area contributed by atoms with Crippen molar-refractivity contribution in [3.63, 3.8) is 0 Å². The van der Waals surface area contributed by atoms with Gasteiger partial charge in [-0.25, -0.2) is 4.39 Å². The molecule has 1 saturated carbocycles. The fourth-order valence-electron chi connectivity index (χ4n) is 2.02. The number of rotatable bonds is 4. The van der Waals surface area contributed by atoms with Crippen LogP contribution < -0.4 is 0 Å². The lowest BCUT2D eigenvalue weighted by molar-refractivity contribution is 0.224. The van der Waals surface area contributed by atoms with Crippen molar-refractivity contribution < 1.29 is 4.39 Å². The maximum absolute atomic E-state index is 13.6. The molecule has 3 heteroatoms. The van der Waals surface area contributed by atoms with Crippen LogP contribution in [0.15, 0.2) is 18.2 Å². The van der Waals surface area contributed by atoms with Crippen LogP contribution in [0.3, 0.4) is 0 Å². The molecular weight excluding hydrogens is 225 g/mol. The lowest BCUT2D eigenvalue weighted by atomic mass is 10.1. The second-order valence-electron chi connectivity index (χ2n) is 4.69. The molecule has 0 spiro atoms. The molecule has 16 heavy (non-hydrogen) atoms. The van der Waals surface area contributed by atoms with Gasteiger partial charge in [0.2, 0.25) is 0 Å². The van der Waals surface area contributed by atoms with E-state index in [9.17, 15) is 4.39 Å². The predicted octanol–water partition coefficient (Wildman–Crippen LogP) is 3.71. The number of hydrogen-bond donors (Lipinski definition) is 0. The first-order valence-corrected chi connectivity index (χ1v) is 6.10. The smallest absolute Gasteiger partial charge is 0.129 e. The Morgan fingerprint density at radius 2 is 2.19 bits per heavy atom. The molecule has 0 aromatic heterocycles. The molecule has 1 aromatic carbocycles. The van der Waals surface area contributed by atoms with Gasteiger partial charge in [0.15, 0.2) is 0 Å². The van der Waals surface area contributed by atoms with Crippen LogP contribution in [-0.4, -0.2) is 18.0 Å². The Morgan fingerprint density at radius 3 is 2.75 bits per heavy atom. The van der Waals surface area contributed by atoms with Gasteiger partial charge in [-0.2, -0.15) is 0 Å². The second kappa shape index (κ2) is 4.72. The maximum atomic E-state index is 13.6. The summed E-state index contributed by atoms with van der Waals surface area (Å²) >= 11 is 6.01. The zero-order chi connectivity index (χ0) is 11.7. The van der Waals surface area contributed by atoms with Gasteiger partial charge in [-0.3, -0.25) is 4.90 Å². The highest BCUT2D eigenvalue weighted by atomic mass is 35.5. The van der Waals surface area contributed by atoms with Gasteiger partial charge in [0.05, 0.1) is 0 Å². The van der Waals surface area contributed by atoms with Crippen LogP contribution in [0.5, 0.6) is 0 Å². The molecule has 0 radical (unpaired) electrons. The molecule has 0 amide bonds. The minimum absolute atomic E-state index is 0.206. The van der Waals surface area contributed by atoms with E-state index in [2.05, 4.69) is 11.8 Å². The van der Waals surface area contributed by atoms with E-state index in [0.29, 0.717) is 23.2 Å². The van der Waals surface area contributed by atoms with Crippen LogP contribution in [0.2, 0.25) is 5.02 Å². The van der Waals surface area contributed by atoms with Crippen molar-refractivity contribution in [1.29, 1.82) is 0 Å². The Labute approximate surface area is 101 Å². The molecule has 0 saturated heterocycles. The SMILES string of the molecule is CC(C1CC1)N(C)Cc1c(F)cccc1Cl. The Kier molecular flexibility index (Phi) is 3.50. The standard InChI is InChI=1S/C13H17ClFN/c1-9(10-6-7-10)16(2)8-11-12(14)4-3-5-13(11)15/h3-5,9-10H,6-8H2,1-2H3. The van der Waals surface area contributed by atoms with Crippen molar-refractivity contribution in [2.24, 2.45) is 5.92 Å². The molecule has 88 valence electrons. The number of halogens is 2. The average molecular weight is 242 g/mol. The van der Waals surface area contributed by atoms with Crippen LogP contribution in [0, 0.1) is 11.7 Å². The molecule has 1 fully saturated rings. The van der Waals surface area contributed by atoms with E-state index in [1.165, 1.54) is 18.9 Å². The van der Waals surface area contributed by atoms with Gasteiger partial charge in [0.1, 0.15) is 5.82 Å². The van der Waals surface area contributed by atoms with Gasteiger partial charge in [-0.15, -0.1) is 0 Å². The van der Waals surface area contributed by atoms with Gasteiger partial charge in [-0.1, -0.05) is 17.7 Å². The largest absolute Gasteiger partial charge is 0.299 e. The third-order valence-corrected chi connectivity index (χ3v) is 3.82. The summed E-state index contributed by atoms with van der Waals surface area (Å²) in [5, 5.41) is 0.523. The Hall–Kier alpha value is -0.600. The molecule has 0 aliphatic heterocycles. The van der Waals surface area contributed by atoms with Gasteiger partial charge in [0.25, 0.3) is 0 Å². The van der Waals surface area contributed by atoms with Crippen LogP contribution in [0.1, 0.15) is 25.3 Å². The first-order valence-electron chi connectivity index (χ1n) is 5.72. The molecule has 1 aliphatic carbocycles. The monoisotopic (exact) mass is 241 g/mol. The van der Waals surface area contributed by atoms with Gasteiger partial charge in [-0.05, 0) is 44.9 Å². The fourth-order valence-corrected chi connectivity index (χ4v) is 2.24. The first-order chi connectivity index (χ1) is 7.59. The topological polar surface area (TPSA) is 3.24 Å². The number of benzene rings is 1. The summed E-state index contributed by atoms with van der Waals surface area (Å²) in [6.07, 6.45) is 2.60. The summed E-state index contributed by atoms with van der Waals surface area (Å²) in [5.41, 5.74) is 0.610. The molecule has 2 rings (SSSR count). The summed E-state index contributed by atoms with van der Waals surface area (Å²) in [7, 11) is 2.03. The molecule has 1 atom stereocenters. The molecule has 1 unspecified atom stereocenters. The average Bonchev–Trinajstić information content (AvgIpc) is 3.06. The molecule has 1 aromatic rings. The molecule has 1 aliphatic rings. The predicted molar refractivity (Wildman–Crippen MR) is 65.1 cm³/mol. The molecule has 0 bridgehead atoms. The maximum Gasteiger partial charge on any atom is 0.129 e. The van der Waals surface area contributed by atoms with Crippen LogP contribution in [0.4, 0.5) is 4.39 Å². The highest BCUT2D eigenvalue weighted by molar-refractivity contribution is 6.31. The van der Waals surface area contributed by atoms with Crippen molar-refractivity contribution in [1.82, 2.24) is 4.90 Å². The highest BCUT2D eigenvalue weighted by Gasteiger charge is 2.30. The normalized spacial score (nSPS) is 17.8. The summed E-state index contributed by atoms with van der Waals surface area (Å²) in [4.78, 5) is 2.18. The van der Waals surface area contributed by atoms with E-state index in [4.69, 9.17) is 11.6 Å². The van der Waals surface area contributed by atoms with Crippen molar-refractivity contribution in [2.75, 3.05) is 7.05 Å². The zero-order valence-electron chi connectivity index (χ0n) is 9.71. The molecule has 0 heterocycles. The Morgan fingerprint density at radius 1 is 1.50 bits per heavy atom. The van der Waals surface area contributed by atoms with Crippen molar-refractivity contribution in [3.05, 3.63) is 34.6 Å². The number of nitrogens with zero attached hydrogens (tertiary/aromatic N) is 1. The molecule has 1 nitrogen and oxygen atoms in total. The van der Waals surface area contributed by atoms with E-state index in [1.54, 1.807) is 12.1 Å². The van der Waals surface area contributed by atoms with Crippen LogP contribution >= 0.6 is 11.6 Å². The van der Waals surface area contributed by atoms with E-state index >= 15 is 0 Å². The zero-order valence-corrected chi connectivity index (χ0v) is 10.5. The van der Waals surface area contributed by atoms with E-state index in [0.717, 1.165) is 5.92 Å². The third kappa shape index (κ3) is 2.55. The minimum Gasteiger partial charge on any atom is -0.299 e. The van der Waals surface area contributed by atoms with Crippen molar-refractivity contribution >= 4 is 11.6 Å². The van der Waals surface area contributed by atoms with E-state index < -0.39 is 0 Å². The summed E-state index contributed by atoms with van der Waals surface area (Å²) in [5.74, 6) is 0.581. The highest BCUT2D eigenvalue weighted by Crippen LogP contribution is 2.35. The van der Waals surface area contributed by atoms with Crippen molar-refractivity contribution in [2.45, 2.75) is 32.4 Å². The third-order valence-electron chi connectivity index (χ3n) is 3.47. The Bertz CT molecular complexity index is 356. The molecule has 0 N–H and O–H groups in total. The quantitative estimate of drug-likeness (QED) is 0.777. The van der Waals surface area contributed by atoms with Gasteiger partial charge < -0.3 is 0 Å². The summed E-state index contributed by atoms with van der Waals surface area (Å²) in [6.45, 7) is 2.79.